The van der Waals surface area contributed by atoms with Crippen LogP contribution in [0.1, 0.15) is 54.1 Å². The second-order valence-corrected chi connectivity index (χ2v) is 9.00. The van der Waals surface area contributed by atoms with Gasteiger partial charge in [-0.05, 0) is 24.5 Å². The van der Waals surface area contributed by atoms with Crippen LogP contribution in [0, 0.1) is 0 Å². The van der Waals surface area contributed by atoms with E-state index in [0.29, 0.717) is 35.2 Å². The zero-order chi connectivity index (χ0) is 23.7. The molecule has 1 aliphatic heterocycles. The van der Waals surface area contributed by atoms with Crippen molar-refractivity contribution in [2.24, 2.45) is 0 Å². The van der Waals surface area contributed by atoms with E-state index in [4.69, 9.17) is 4.74 Å². The van der Waals surface area contributed by atoms with Crippen LogP contribution in [-0.4, -0.2) is 43.9 Å². The lowest BCUT2D eigenvalue weighted by atomic mass is 9.74. The lowest BCUT2D eigenvalue weighted by molar-refractivity contribution is -0.242. The lowest BCUT2D eigenvalue weighted by Crippen LogP contribution is -2.58. The van der Waals surface area contributed by atoms with Gasteiger partial charge in [-0.2, -0.15) is 0 Å². The molecule has 2 aliphatic rings. The van der Waals surface area contributed by atoms with Crippen molar-refractivity contribution in [2.45, 2.75) is 56.0 Å². The quantitative estimate of drug-likeness (QED) is 0.473. The molecule has 3 heterocycles. The van der Waals surface area contributed by atoms with Crippen LogP contribution < -0.4 is 10.7 Å². The number of pyridine rings is 2. The van der Waals surface area contributed by atoms with Crippen LogP contribution in [0.25, 0.3) is 11.1 Å². The number of aliphatic hydroxyl groups excluding tert-OH is 1. The van der Waals surface area contributed by atoms with Crippen molar-refractivity contribution in [3.05, 3.63) is 82.5 Å². The molecule has 34 heavy (non-hydrogen) atoms. The molecule has 2 aromatic heterocycles. The van der Waals surface area contributed by atoms with Crippen LogP contribution in [0.3, 0.4) is 0 Å². The molecular formula is C26H27N3O5. The van der Waals surface area contributed by atoms with Gasteiger partial charge < -0.3 is 25.3 Å². The summed E-state index contributed by atoms with van der Waals surface area (Å²) in [5, 5.41) is 24.5. The minimum absolute atomic E-state index is 0.0255. The maximum absolute atomic E-state index is 13.1. The Hall–Kier alpha value is -3.33. The minimum Gasteiger partial charge on any atom is -0.390 e. The van der Waals surface area contributed by atoms with Gasteiger partial charge in [0.25, 0.3) is 5.91 Å². The molecular weight excluding hydrogens is 434 g/mol. The molecule has 1 amide bonds. The van der Waals surface area contributed by atoms with Gasteiger partial charge >= 0.3 is 0 Å². The van der Waals surface area contributed by atoms with Crippen molar-refractivity contribution >= 4 is 11.6 Å². The number of rotatable bonds is 4. The van der Waals surface area contributed by atoms with Crippen LogP contribution in [0.5, 0.6) is 0 Å². The van der Waals surface area contributed by atoms with E-state index in [9.17, 15) is 19.8 Å². The molecule has 3 aromatic rings. The predicted molar refractivity (Wildman–Crippen MR) is 126 cm³/mol. The van der Waals surface area contributed by atoms with Gasteiger partial charge in [-0.1, -0.05) is 43.2 Å². The van der Waals surface area contributed by atoms with Gasteiger partial charge in [-0.25, -0.2) is 0 Å². The summed E-state index contributed by atoms with van der Waals surface area (Å²) in [7, 11) is 0. The highest BCUT2D eigenvalue weighted by Gasteiger charge is 2.51. The lowest BCUT2D eigenvalue weighted by Gasteiger charge is -2.49. The number of anilines is 1. The first-order valence-electron chi connectivity index (χ1n) is 11.5. The molecule has 8 nitrogen and oxygen atoms in total. The van der Waals surface area contributed by atoms with Gasteiger partial charge in [0.1, 0.15) is 11.2 Å². The third-order valence-electron chi connectivity index (χ3n) is 6.92. The van der Waals surface area contributed by atoms with E-state index in [-0.39, 0.29) is 17.4 Å². The molecule has 0 radical (unpaired) electrons. The van der Waals surface area contributed by atoms with Crippen LogP contribution >= 0.6 is 0 Å². The normalized spacial score (nSPS) is 26.5. The van der Waals surface area contributed by atoms with Gasteiger partial charge in [0.2, 0.25) is 5.43 Å². The number of nitrogens with zero attached hydrogens (tertiary/aromatic N) is 1. The molecule has 0 bridgehead atoms. The molecule has 1 aliphatic carbocycles. The number of aromatic amines is 1. The maximum Gasteiger partial charge on any atom is 0.261 e. The molecule has 5 rings (SSSR count). The number of nitrogens with one attached hydrogen (secondary N) is 2. The first-order chi connectivity index (χ1) is 16.5. The Kier molecular flexibility index (Phi) is 6.03. The maximum atomic E-state index is 13.1. The first kappa shape index (κ1) is 22.5. The summed E-state index contributed by atoms with van der Waals surface area (Å²) in [5.41, 5.74) is 0.504. The molecule has 0 unspecified atom stereocenters. The second-order valence-electron chi connectivity index (χ2n) is 9.00. The van der Waals surface area contributed by atoms with E-state index < -0.39 is 29.8 Å². The Morgan fingerprint density at radius 2 is 2.00 bits per heavy atom. The van der Waals surface area contributed by atoms with Crippen molar-refractivity contribution < 1.29 is 19.7 Å². The van der Waals surface area contributed by atoms with Crippen LogP contribution in [0.15, 0.2) is 66.0 Å². The SMILES string of the molecule is O=C(Nc1cnccc1[C@H]1C[C@@H](O)[C@@]2(O)CCCC[C@H]2O1)c1c[nH]cc(-c2ccccc2)c1=O. The highest BCUT2D eigenvalue weighted by molar-refractivity contribution is 6.05. The van der Waals surface area contributed by atoms with E-state index in [1.807, 2.05) is 30.3 Å². The van der Waals surface area contributed by atoms with Crippen molar-refractivity contribution in [1.82, 2.24) is 9.97 Å². The van der Waals surface area contributed by atoms with Crippen molar-refractivity contribution in [1.29, 1.82) is 0 Å². The molecule has 2 fully saturated rings. The summed E-state index contributed by atoms with van der Waals surface area (Å²) in [6.45, 7) is 0. The minimum atomic E-state index is -1.24. The Morgan fingerprint density at radius 1 is 1.18 bits per heavy atom. The largest absolute Gasteiger partial charge is 0.390 e. The highest BCUT2D eigenvalue weighted by Crippen LogP contribution is 2.45. The van der Waals surface area contributed by atoms with Gasteiger partial charge in [-0.15, -0.1) is 0 Å². The number of carbonyl (C=O) groups excluding carboxylic acids is 1. The average Bonchev–Trinajstić information content (AvgIpc) is 2.85. The number of hydrogen-bond donors (Lipinski definition) is 4. The van der Waals surface area contributed by atoms with Gasteiger partial charge in [0.15, 0.2) is 0 Å². The molecule has 1 saturated heterocycles. The van der Waals surface area contributed by atoms with E-state index >= 15 is 0 Å². The molecule has 176 valence electrons. The van der Waals surface area contributed by atoms with E-state index in [1.54, 1.807) is 18.5 Å². The van der Waals surface area contributed by atoms with E-state index in [2.05, 4.69) is 15.3 Å². The predicted octanol–water partition coefficient (Wildman–Crippen LogP) is 3.19. The van der Waals surface area contributed by atoms with Crippen molar-refractivity contribution in [3.8, 4) is 11.1 Å². The average molecular weight is 462 g/mol. The summed E-state index contributed by atoms with van der Waals surface area (Å²) in [4.78, 5) is 33.2. The van der Waals surface area contributed by atoms with Gasteiger partial charge in [-0.3, -0.25) is 14.6 Å². The zero-order valence-electron chi connectivity index (χ0n) is 18.6. The summed E-state index contributed by atoms with van der Waals surface area (Å²) >= 11 is 0. The monoisotopic (exact) mass is 461 g/mol. The Bertz CT molecular complexity index is 1240. The number of H-pyrrole nitrogens is 1. The highest BCUT2D eigenvalue weighted by atomic mass is 16.5. The number of aliphatic hydroxyl groups is 2. The number of fused-ring (bicyclic) bond motifs is 1. The number of carbonyl (C=O) groups is 1. The molecule has 8 heteroatoms. The summed E-state index contributed by atoms with van der Waals surface area (Å²) in [6.07, 6.45) is 7.26. The fraction of sp³-hybridized carbons (Fsp3) is 0.346. The third kappa shape index (κ3) is 4.04. The van der Waals surface area contributed by atoms with Gasteiger partial charge in [0, 0.05) is 36.1 Å². The molecule has 1 aromatic carbocycles. The summed E-state index contributed by atoms with van der Waals surface area (Å²) in [5.74, 6) is -0.571. The Labute approximate surface area is 196 Å². The topological polar surface area (TPSA) is 125 Å². The van der Waals surface area contributed by atoms with E-state index in [0.717, 1.165) is 12.8 Å². The second kappa shape index (κ2) is 9.13. The number of aromatic nitrogens is 2. The van der Waals surface area contributed by atoms with Crippen LogP contribution in [-0.2, 0) is 4.74 Å². The fourth-order valence-electron chi connectivity index (χ4n) is 5.04. The molecule has 4 N–H and O–H groups in total. The number of benzene rings is 1. The standard InChI is InChI=1S/C26H27N3O5/c30-22-12-21(34-23-8-4-5-10-26(22,23)33)17-9-11-27-15-20(17)29-25(32)19-14-28-13-18(24(19)31)16-6-2-1-3-7-16/h1-3,6-7,9,11,13-15,21-23,30,33H,4-5,8,10,12H2,(H,28,31)(H,29,32)/t21-,22-,23-,26+/m1/s1. The third-order valence-corrected chi connectivity index (χ3v) is 6.92. The molecule has 4 atom stereocenters. The Balaban J connectivity index is 1.41. The van der Waals surface area contributed by atoms with E-state index in [1.165, 1.54) is 12.4 Å². The van der Waals surface area contributed by atoms with Crippen molar-refractivity contribution in [2.75, 3.05) is 5.32 Å². The van der Waals surface area contributed by atoms with Crippen LogP contribution in [0.4, 0.5) is 5.69 Å². The van der Waals surface area contributed by atoms with Gasteiger partial charge in [0.05, 0.1) is 30.2 Å². The summed E-state index contributed by atoms with van der Waals surface area (Å²) < 4.78 is 6.22. The number of hydrogen-bond acceptors (Lipinski definition) is 6. The summed E-state index contributed by atoms with van der Waals surface area (Å²) in [6, 6.07) is 10.9. The molecule has 0 spiro atoms. The number of amides is 1. The fourth-order valence-corrected chi connectivity index (χ4v) is 5.04. The zero-order valence-corrected chi connectivity index (χ0v) is 18.6. The smallest absolute Gasteiger partial charge is 0.261 e. The first-order valence-corrected chi connectivity index (χ1v) is 11.5. The Morgan fingerprint density at radius 3 is 2.82 bits per heavy atom. The number of ether oxygens (including phenoxy) is 1. The molecule has 1 saturated carbocycles. The van der Waals surface area contributed by atoms with Crippen LogP contribution in [0.2, 0.25) is 0 Å². The van der Waals surface area contributed by atoms with Crippen molar-refractivity contribution in [3.63, 3.8) is 0 Å².